The van der Waals surface area contributed by atoms with Crippen LogP contribution in [0.1, 0.15) is 15.9 Å². The maximum atomic E-state index is 13.1. The van der Waals surface area contributed by atoms with Gasteiger partial charge in [-0.05, 0) is 48.6 Å². The van der Waals surface area contributed by atoms with E-state index in [4.69, 9.17) is 17.0 Å². The third-order valence-electron chi connectivity index (χ3n) is 4.54. The first-order valence-electron chi connectivity index (χ1n) is 8.65. The lowest BCUT2D eigenvalue weighted by Gasteiger charge is -2.16. The quantitative estimate of drug-likeness (QED) is 0.396. The summed E-state index contributed by atoms with van der Waals surface area (Å²) in [5.41, 5.74) is 1.62. The molecule has 0 aliphatic carbocycles. The first kappa shape index (κ1) is 18.6. The van der Waals surface area contributed by atoms with E-state index in [0.717, 1.165) is 5.39 Å². The number of nitrogens with zero attached hydrogens (tertiary/aromatic N) is 1. The highest BCUT2D eigenvalue weighted by Crippen LogP contribution is 2.25. The van der Waals surface area contributed by atoms with Crippen LogP contribution in [0.3, 0.4) is 0 Å². The average molecular weight is 405 g/mol. The number of carbonyl (C=O) groups excluding carboxylic acids is 3. The minimum absolute atomic E-state index is 0.0331. The van der Waals surface area contributed by atoms with E-state index in [-0.39, 0.29) is 16.6 Å². The molecule has 1 fully saturated rings. The molecule has 2 N–H and O–H groups in total. The third-order valence-corrected chi connectivity index (χ3v) is 4.75. The Kier molecular flexibility index (Phi) is 4.69. The average Bonchev–Trinajstić information content (AvgIpc) is 3.09. The Hall–Kier alpha value is -3.78. The van der Waals surface area contributed by atoms with E-state index in [1.54, 1.807) is 43.6 Å². The standard InChI is InChI=1S/C21H15N3O4S/c1-28-14-8-6-12(7-9-14)20(27)24-11-13(15-4-2-3-5-17(15)24)10-16-18(25)22-21(29)23-19(16)26/h2-11H,1H3,(H2,22,23,25,26,29). The van der Waals surface area contributed by atoms with E-state index in [1.165, 1.54) is 10.6 Å². The highest BCUT2D eigenvalue weighted by Gasteiger charge is 2.26. The topological polar surface area (TPSA) is 89.4 Å². The molecule has 1 aromatic heterocycles. The van der Waals surface area contributed by atoms with Crippen molar-refractivity contribution in [1.29, 1.82) is 0 Å². The number of benzene rings is 2. The first-order valence-corrected chi connectivity index (χ1v) is 9.06. The summed E-state index contributed by atoms with van der Waals surface area (Å²) in [7, 11) is 1.56. The number of ether oxygens (including phenoxy) is 1. The van der Waals surface area contributed by atoms with E-state index in [0.29, 0.717) is 22.4 Å². The Morgan fingerprint density at radius 2 is 1.69 bits per heavy atom. The van der Waals surface area contributed by atoms with Gasteiger partial charge in [0.2, 0.25) is 0 Å². The highest BCUT2D eigenvalue weighted by molar-refractivity contribution is 7.80. The molecule has 0 unspecified atom stereocenters. The fourth-order valence-electron chi connectivity index (χ4n) is 3.12. The number of hydrogen-bond acceptors (Lipinski definition) is 5. The summed E-state index contributed by atoms with van der Waals surface area (Å²) in [6.45, 7) is 0. The molecular formula is C21H15N3O4S. The second-order valence-electron chi connectivity index (χ2n) is 6.30. The molecule has 0 bridgehead atoms. The zero-order valence-electron chi connectivity index (χ0n) is 15.3. The van der Waals surface area contributed by atoms with Gasteiger partial charge in [0.25, 0.3) is 17.7 Å². The molecule has 0 atom stereocenters. The number of fused-ring (bicyclic) bond motifs is 1. The van der Waals surface area contributed by atoms with Crippen molar-refractivity contribution in [3.05, 3.63) is 71.4 Å². The number of thiocarbonyl (C=S) groups is 1. The highest BCUT2D eigenvalue weighted by atomic mass is 32.1. The molecule has 0 spiro atoms. The lowest BCUT2D eigenvalue weighted by molar-refractivity contribution is -0.123. The number of carbonyl (C=O) groups is 3. The minimum Gasteiger partial charge on any atom is -0.497 e. The van der Waals surface area contributed by atoms with Crippen LogP contribution in [0.25, 0.3) is 17.0 Å². The summed E-state index contributed by atoms with van der Waals surface area (Å²) in [5, 5.41) is 5.50. The molecule has 2 heterocycles. The van der Waals surface area contributed by atoms with Crippen LogP contribution in [-0.2, 0) is 9.59 Å². The maximum Gasteiger partial charge on any atom is 0.263 e. The molecule has 1 saturated heterocycles. The monoisotopic (exact) mass is 405 g/mol. The first-order chi connectivity index (χ1) is 14.0. The Bertz CT molecular complexity index is 1190. The summed E-state index contributed by atoms with van der Waals surface area (Å²) in [4.78, 5) is 37.4. The van der Waals surface area contributed by atoms with Crippen molar-refractivity contribution in [3.8, 4) is 5.75 Å². The van der Waals surface area contributed by atoms with Gasteiger partial charge in [-0.2, -0.15) is 0 Å². The van der Waals surface area contributed by atoms with Gasteiger partial charge >= 0.3 is 0 Å². The molecule has 0 radical (unpaired) electrons. The molecule has 1 aliphatic heterocycles. The molecule has 29 heavy (non-hydrogen) atoms. The van der Waals surface area contributed by atoms with Gasteiger partial charge in [0, 0.05) is 22.7 Å². The predicted molar refractivity (Wildman–Crippen MR) is 112 cm³/mol. The van der Waals surface area contributed by atoms with Crippen molar-refractivity contribution in [1.82, 2.24) is 15.2 Å². The van der Waals surface area contributed by atoms with Crippen LogP contribution >= 0.6 is 12.2 Å². The van der Waals surface area contributed by atoms with Gasteiger partial charge < -0.3 is 4.74 Å². The zero-order chi connectivity index (χ0) is 20.5. The van der Waals surface area contributed by atoms with Crippen LogP contribution in [0.15, 0.2) is 60.3 Å². The molecule has 2 aromatic carbocycles. The van der Waals surface area contributed by atoms with Gasteiger partial charge in [-0.3, -0.25) is 29.6 Å². The number of aromatic nitrogens is 1. The number of amides is 2. The Labute approximate surface area is 171 Å². The number of rotatable bonds is 3. The largest absolute Gasteiger partial charge is 0.497 e. The van der Waals surface area contributed by atoms with Gasteiger partial charge in [-0.15, -0.1) is 0 Å². The molecule has 1 aliphatic rings. The van der Waals surface area contributed by atoms with E-state index in [2.05, 4.69) is 10.6 Å². The fourth-order valence-corrected chi connectivity index (χ4v) is 3.31. The zero-order valence-corrected chi connectivity index (χ0v) is 16.1. The number of nitrogens with one attached hydrogen (secondary N) is 2. The fraction of sp³-hybridized carbons (Fsp3) is 0.0476. The number of methoxy groups -OCH3 is 1. The number of para-hydroxylation sites is 1. The van der Waals surface area contributed by atoms with Gasteiger partial charge in [-0.1, -0.05) is 18.2 Å². The van der Waals surface area contributed by atoms with Crippen LogP contribution in [-0.4, -0.2) is 34.5 Å². The van der Waals surface area contributed by atoms with Crippen molar-refractivity contribution in [2.75, 3.05) is 7.11 Å². The third kappa shape index (κ3) is 3.41. The van der Waals surface area contributed by atoms with Crippen LogP contribution in [0, 0.1) is 0 Å². The summed E-state index contributed by atoms with van der Waals surface area (Å²) < 4.78 is 6.62. The Morgan fingerprint density at radius 1 is 1.03 bits per heavy atom. The van der Waals surface area contributed by atoms with Crippen LogP contribution in [0.4, 0.5) is 0 Å². The van der Waals surface area contributed by atoms with Crippen molar-refractivity contribution < 1.29 is 19.1 Å². The normalized spacial score (nSPS) is 13.8. The van der Waals surface area contributed by atoms with Crippen molar-refractivity contribution in [2.24, 2.45) is 0 Å². The lowest BCUT2D eigenvalue weighted by atomic mass is 10.1. The van der Waals surface area contributed by atoms with Crippen molar-refractivity contribution >= 4 is 52.0 Å². The number of hydrogen-bond donors (Lipinski definition) is 2. The molecule has 8 heteroatoms. The SMILES string of the molecule is COc1ccc(C(=O)n2cc(C=C3C(=O)NC(=S)NC3=O)c3ccccc32)cc1. The minimum atomic E-state index is -0.586. The molecule has 3 aromatic rings. The molecular weight excluding hydrogens is 390 g/mol. The summed E-state index contributed by atoms with van der Waals surface area (Å²) in [5.74, 6) is -0.766. The van der Waals surface area contributed by atoms with Crippen molar-refractivity contribution in [3.63, 3.8) is 0 Å². The van der Waals surface area contributed by atoms with Gasteiger partial charge in [0.1, 0.15) is 11.3 Å². The lowest BCUT2D eigenvalue weighted by Crippen LogP contribution is -2.51. The van der Waals surface area contributed by atoms with E-state index in [9.17, 15) is 14.4 Å². The van der Waals surface area contributed by atoms with Gasteiger partial charge in [-0.25, -0.2) is 0 Å². The Morgan fingerprint density at radius 3 is 2.34 bits per heavy atom. The van der Waals surface area contributed by atoms with Gasteiger partial charge in [0.05, 0.1) is 12.6 Å². The molecule has 4 rings (SSSR count). The summed E-state index contributed by atoms with van der Waals surface area (Å²) >= 11 is 4.82. The summed E-state index contributed by atoms with van der Waals surface area (Å²) in [6, 6.07) is 14.0. The van der Waals surface area contributed by atoms with E-state index < -0.39 is 11.8 Å². The second-order valence-corrected chi connectivity index (χ2v) is 6.71. The molecule has 2 amide bonds. The van der Waals surface area contributed by atoms with Crippen LogP contribution in [0.2, 0.25) is 0 Å². The van der Waals surface area contributed by atoms with Crippen LogP contribution in [0.5, 0.6) is 5.75 Å². The van der Waals surface area contributed by atoms with E-state index >= 15 is 0 Å². The second kappa shape index (κ2) is 7.33. The predicted octanol–water partition coefficient (Wildman–Crippen LogP) is 2.25. The smallest absolute Gasteiger partial charge is 0.263 e. The van der Waals surface area contributed by atoms with E-state index in [1.807, 2.05) is 18.2 Å². The maximum absolute atomic E-state index is 13.1. The Balaban J connectivity index is 1.80. The molecule has 7 nitrogen and oxygen atoms in total. The molecule has 144 valence electrons. The van der Waals surface area contributed by atoms with Gasteiger partial charge in [0.15, 0.2) is 5.11 Å². The molecule has 0 saturated carbocycles. The van der Waals surface area contributed by atoms with Crippen LogP contribution < -0.4 is 15.4 Å². The summed E-state index contributed by atoms with van der Waals surface area (Å²) in [6.07, 6.45) is 3.06. The van der Waals surface area contributed by atoms with Crippen molar-refractivity contribution in [2.45, 2.75) is 0 Å².